The van der Waals surface area contributed by atoms with Crippen LogP contribution in [0.4, 0.5) is 0 Å². The number of hydrogen-bond acceptors (Lipinski definition) is 6. The highest BCUT2D eigenvalue weighted by Gasteiger charge is 2.22. The number of rotatable bonds is 12. The highest BCUT2D eigenvalue weighted by molar-refractivity contribution is 5.82. The molecule has 26 heavy (non-hydrogen) atoms. The number of carbonyl (C=O) groups excluding carboxylic acids is 2. The molecule has 0 aromatic rings. The third kappa shape index (κ3) is 11.1. The molecule has 2 atom stereocenters. The molecule has 1 fully saturated rings. The molecule has 1 aliphatic carbocycles. The van der Waals surface area contributed by atoms with E-state index in [4.69, 9.17) is 18.9 Å². The van der Waals surface area contributed by atoms with Crippen molar-refractivity contribution in [3.8, 4) is 0 Å². The topological polar surface area (TPSA) is 71.1 Å². The zero-order valence-electron chi connectivity index (χ0n) is 16.0. The Balaban J connectivity index is 2.05. The van der Waals surface area contributed by atoms with Crippen LogP contribution < -0.4 is 0 Å². The lowest BCUT2D eigenvalue weighted by molar-refractivity contribution is -0.140. The Hall–Kier alpha value is -1.66. The first-order chi connectivity index (χ1) is 12.7. The van der Waals surface area contributed by atoms with Gasteiger partial charge in [-0.25, -0.2) is 9.59 Å². The summed E-state index contributed by atoms with van der Waals surface area (Å²) in [7, 11) is 0. The number of esters is 2. The van der Waals surface area contributed by atoms with Crippen LogP contribution >= 0.6 is 0 Å². The Morgan fingerprint density at radius 3 is 1.69 bits per heavy atom. The number of allylic oxidation sites excluding steroid dienone is 2. The van der Waals surface area contributed by atoms with Crippen LogP contribution in [0, 0.1) is 11.8 Å². The SMILES string of the molecule is CC=CC(=O)OCCOCC1CCCC(COCCOC(=O)C=CC)C1. The Morgan fingerprint density at radius 1 is 0.808 bits per heavy atom. The second-order valence-corrected chi connectivity index (χ2v) is 6.38. The van der Waals surface area contributed by atoms with Crippen LogP contribution in [0.2, 0.25) is 0 Å². The average Bonchev–Trinajstić information content (AvgIpc) is 2.62. The fourth-order valence-electron chi connectivity index (χ4n) is 2.98. The third-order valence-electron chi connectivity index (χ3n) is 4.15. The van der Waals surface area contributed by atoms with Crippen LogP contribution in [0.25, 0.3) is 0 Å². The summed E-state index contributed by atoms with van der Waals surface area (Å²) < 4.78 is 21.3. The quantitative estimate of drug-likeness (QED) is 0.299. The Morgan fingerprint density at radius 2 is 1.27 bits per heavy atom. The molecule has 0 spiro atoms. The molecule has 2 unspecified atom stereocenters. The zero-order chi connectivity index (χ0) is 19.0. The van der Waals surface area contributed by atoms with E-state index >= 15 is 0 Å². The van der Waals surface area contributed by atoms with E-state index < -0.39 is 0 Å². The Bertz CT molecular complexity index is 417. The van der Waals surface area contributed by atoms with Gasteiger partial charge in [-0.15, -0.1) is 0 Å². The van der Waals surface area contributed by atoms with Crippen molar-refractivity contribution in [1.29, 1.82) is 0 Å². The van der Waals surface area contributed by atoms with Crippen molar-refractivity contribution in [3.05, 3.63) is 24.3 Å². The molecule has 0 saturated heterocycles. The van der Waals surface area contributed by atoms with Crippen LogP contribution in [0.3, 0.4) is 0 Å². The van der Waals surface area contributed by atoms with E-state index in [1.165, 1.54) is 18.6 Å². The monoisotopic (exact) mass is 368 g/mol. The van der Waals surface area contributed by atoms with Gasteiger partial charge in [0.15, 0.2) is 0 Å². The highest BCUT2D eigenvalue weighted by atomic mass is 16.6. The van der Waals surface area contributed by atoms with Gasteiger partial charge in [0.1, 0.15) is 13.2 Å². The summed E-state index contributed by atoms with van der Waals surface area (Å²) in [6.45, 7) is 6.37. The van der Waals surface area contributed by atoms with Crippen LogP contribution in [0.5, 0.6) is 0 Å². The standard InChI is InChI=1S/C20H32O6/c1-3-6-19(21)25-12-10-23-15-17-8-5-9-18(14-17)16-24-11-13-26-20(22)7-4-2/h3-4,6-7,17-18H,5,8-16H2,1-2H3. The van der Waals surface area contributed by atoms with Crippen molar-refractivity contribution in [2.45, 2.75) is 39.5 Å². The van der Waals surface area contributed by atoms with Gasteiger partial charge in [-0.05, 0) is 44.9 Å². The van der Waals surface area contributed by atoms with E-state index in [0.717, 1.165) is 19.3 Å². The number of carbonyl (C=O) groups is 2. The molecular formula is C20H32O6. The Labute approximate surface area is 156 Å². The second kappa shape index (κ2) is 14.5. The summed E-state index contributed by atoms with van der Waals surface area (Å²) in [4.78, 5) is 22.3. The summed E-state index contributed by atoms with van der Waals surface area (Å²) in [6.07, 6.45) is 10.7. The van der Waals surface area contributed by atoms with Gasteiger partial charge in [-0.1, -0.05) is 18.6 Å². The molecule has 6 nitrogen and oxygen atoms in total. The predicted molar refractivity (Wildman–Crippen MR) is 98.6 cm³/mol. The molecule has 0 bridgehead atoms. The van der Waals surface area contributed by atoms with Crippen molar-refractivity contribution in [2.75, 3.05) is 39.6 Å². The van der Waals surface area contributed by atoms with Gasteiger partial charge in [0, 0.05) is 25.4 Å². The summed E-state index contributed by atoms with van der Waals surface area (Å²) in [5.74, 6) is 0.386. The molecule has 1 aliphatic rings. The first kappa shape index (κ1) is 22.4. The third-order valence-corrected chi connectivity index (χ3v) is 4.15. The van der Waals surface area contributed by atoms with Crippen molar-refractivity contribution in [3.63, 3.8) is 0 Å². The maximum Gasteiger partial charge on any atom is 0.330 e. The minimum Gasteiger partial charge on any atom is -0.460 e. The molecular weight excluding hydrogens is 336 g/mol. The first-order valence-electron chi connectivity index (χ1n) is 9.40. The highest BCUT2D eigenvalue weighted by Crippen LogP contribution is 2.29. The van der Waals surface area contributed by atoms with E-state index in [9.17, 15) is 9.59 Å². The van der Waals surface area contributed by atoms with Gasteiger partial charge in [0.05, 0.1) is 13.2 Å². The molecule has 0 radical (unpaired) electrons. The van der Waals surface area contributed by atoms with Crippen molar-refractivity contribution >= 4 is 11.9 Å². The van der Waals surface area contributed by atoms with Gasteiger partial charge in [-0.2, -0.15) is 0 Å². The minimum absolute atomic E-state index is 0.286. The molecule has 0 N–H and O–H groups in total. The van der Waals surface area contributed by atoms with Gasteiger partial charge in [0.2, 0.25) is 0 Å². The van der Waals surface area contributed by atoms with E-state index in [2.05, 4.69) is 0 Å². The molecule has 0 amide bonds. The van der Waals surface area contributed by atoms with Crippen LogP contribution in [0.1, 0.15) is 39.5 Å². The fraction of sp³-hybridized carbons (Fsp3) is 0.700. The summed E-state index contributed by atoms with van der Waals surface area (Å²) in [5, 5.41) is 0. The smallest absolute Gasteiger partial charge is 0.330 e. The van der Waals surface area contributed by atoms with Crippen LogP contribution in [-0.4, -0.2) is 51.6 Å². The van der Waals surface area contributed by atoms with E-state index in [1.807, 2.05) is 0 Å². The largest absolute Gasteiger partial charge is 0.460 e. The molecule has 0 aliphatic heterocycles. The summed E-state index contributed by atoms with van der Waals surface area (Å²) >= 11 is 0. The molecule has 1 saturated carbocycles. The Kier molecular flexibility index (Phi) is 12.5. The van der Waals surface area contributed by atoms with Crippen molar-refractivity contribution in [2.24, 2.45) is 11.8 Å². The van der Waals surface area contributed by atoms with Gasteiger partial charge < -0.3 is 18.9 Å². The van der Waals surface area contributed by atoms with Gasteiger partial charge in [0.25, 0.3) is 0 Å². The van der Waals surface area contributed by atoms with E-state index in [-0.39, 0.29) is 25.2 Å². The summed E-state index contributed by atoms with van der Waals surface area (Å²) in [6, 6.07) is 0. The molecule has 0 aromatic carbocycles. The van der Waals surface area contributed by atoms with E-state index in [0.29, 0.717) is 38.3 Å². The predicted octanol–water partition coefficient (Wildman–Crippen LogP) is 3.06. The first-order valence-corrected chi connectivity index (χ1v) is 9.40. The van der Waals surface area contributed by atoms with Crippen LogP contribution in [0.15, 0.2) is 24.3 Å². The van der Waals surface area contributed by atoms with Crippen molar-refractivity contribution in [1.82, 2.24) is 0 Å². The lowest BCUT2D eigenvalue weighted by atomic mass is 9.82. The van der Waals surface area contributed by atoms with Gasteiger partial charge >= 0.3 is 11.9 Å². The maximum atomic E-state index is 11.2. The fourth-order valence-corrected chi connectivity index (χ4v) is 2.98. The molecule has 6 heteroatoms. The normalized spacial score (nSPS) is 20.5. The maximum absolute atomic E-state index is 11.2. The number of hydrogen-bond donors (Lipinski definition) is 0. The van der Waals surface area contributed by atoms with Crippen molar-refractivity contribution < 1.29 is 28.5 Å². The molecule has 1 rings (SSSR count). The molecule has 148 valence electrons. The lowest BCUT2D eigenvalue weighted by Crippen LogP contribution is -2.24. The minimum atomic E-state index is -0.331. The second-order valence-electron chi connectivity index (χ2n) is 6.38. The van der Waals surface area contributed by atoms with E-state index in [1.54, 1.807) is 26.0 Å². The average molecular weight is 368 g/mol. The lowest BCUT2D eigenvalue weighted by Gasteiger charge is -2.28. The zero-order valence-corrected chi connectivity index (χ0v) is 16.0. The van der Waals surface area contributed by atoms with Crippen LogP contribution in [-0.2, 0) is 28.5 Å². The number of ether oxygens (including phenoxy) is 4. The van der Waals surface area contributed by atoms with Gasteiger partial charge in [-0.3, -0.25) is 0 Å². The molecule has 0 aromatic heterocycles. The molecule has 0 heterocycles. The summed E-state index contributed by atoms with van der Waals surface area (Å²) in [5.41, 5.74) is 0.